The molecule has 1 saturated carbocycles. The summed E-state index contributed by atoms with van der Waals surface area (Å²) in [4.78, 5) is 4.62. The molecule has 3 rings (SSSR count). The van der Waals surface area contributed by atoms with Crippen molar-refractivity contribution in [2.75, 3.05) is 5.73 Å². The van der Waals surface area contributed by atoms with E-state index in [9.17, 15) is 0 Å². The van der Waals surface area contributed by atoms with Gasteiger partial charge in [0.05, 0.1) is 11.0 Å². The molecule has 1 atom stereocenters. The molecule has 1 heterocycles. The lowest BCUT2D eigenvalue weighted by molar-refractivity contribution is 0.224. The van der Waals surface area contributed by atoms with E-state index in [1.54, 1.807) is 0 Å². The summed E-state index contributed by atoms with van der Waals surface area (Å²) in [6.45, 7) is 4.40. The van der Waals surface area contributed by atoms with Gasteiger partial charge >= 0.3 is 0 Å². The molecule has 0 bridgehead atoms. The molecule has 0 radical (unpaired) electrons. The second-order valence-corrected chi connectivity index (χ2v) is 5.21. The van der Waals surface area contributed by atoms with Gasteiger partial charge in [0.25, 0.3) is 0 Å². The van der Waals surface area contributed by atoms with E-state index in [-0.39, 0.29) is 0 Å². The topological polar surface area (TPSA) is 43.8 Å². The van der Waals surface area contributed by atoms with Gasteiger partial charge in [0.15, 0.2) is 0 Å². The van der Waals surface area contributed by atoms with Crippen molar-refractivity contribution in [3.8, 4) is 0 Å². The van der Waals surface area contributed by atoms with Crippen molar-refractivity contribution in [3.05, 3.63) is 24.0 Å². The Labute approximate surface area is 102 Å². The lowest BCUT2D eigenvalue weighted by atomic mass is 9.80. The first-order valence-corrected chi connectivity index (χ1v) is 6.41. The van der Waals surface area contributed by atoms with Gasteiger partial charge in [-0.2, -0.15) is 0 Å². The summed E-state index contributed by atoms with van der Waals surface area (Å²) in [5.74, 6) is 1.92. The zero-order valence-corrected chi connectivity index (χ0v) is 10.5. The molecule has 1 fully saturated rings. The number of aromatic nitrogens is 2. The first kappa shape index (κ1) is 10.6. The molecule has 0 aliphatic heterocycles. The van der Waals surface area contributed by atoms with E-state index >= 15 is 0 Å². The molecule has 17 heavy (non-hydrogen) atoms. The van der Waals surface area contributed by atoms with Crippen LogP contribution >= 0.6 is 0 Å². The van der Waals surface area contributed by atoms with Gasteiger partial charge in [0.2, 0.25) is 0 Å². The van der Waals surface area contributed by atoms with Crippen molar-refractivity contribution in [1.82, 2.24) is 9.55 Å². The predicted molar refractivity (Wildman–Crippen MR) is 70.9 cm³/mol. The Balaban J connectivity index is 2.11. The van der Waals surface area contributed by atoms with Crippen LogP contribution in [0.1, 0.15) is 38.1 Å². The van der Waals surface area contributed by atoms with E-state index in [1.165, 1.54) is 24.8 Å². The fourth-order valence-electron chi connectivity index (χ4n) is 2.88. The number of rotatable bonds is 2. The van der Waals surface area contributed by atoms with E-state index in [4.69, 9.17) is 5.73 Å². The number of hydrogen-bond acceptors (Lipinski definition) is 2. The van der Waals surface area contributed by atoms with E-state index < -0.39 is 0 Å². The molecule has 2 N–H and O–H groups in total. The average molecular weight is 229 g/mol. The molecule has 1 aliphatic rings. The third-order valence-corrected chi connectivity index (χ3v) is 4.13. The monoisotopic (exact) mass is 229 g/mol. The average Bonchev–Trinajstić information content (AvgIpc) is 2.50. The first-order valence-electron chi connectivity index (χ1n) is 6.41. The highest BCUT2D eigenvalue weighted by Crippen LogP contribution is 2.38. The summed E-state index contributed by atoms with van der Waals surface area (Å²) in [5, 5.41) is 0. The fourth-order valence-corrected chi connectivity index (χ4v) is 2.88. The summed E-state index contributed by atoms with van der Waals surface area (Å²) in [5.41, 5.74) is 8.84. The van der Waals surface area contributed by atoms with Crippen LogP contribution in [0.4, 0.5) is 5.69 Å². The lowest BCUT2D eigenvalue weighted by Crippen LogP contribution is -2.23. The minimum atomic E-state index is 0.553. The van der Waals surface area contributed by atoms with Crippen LogP contribution in [-0.4, -0.2) is 9.55 Å². The van der Waals surface area contributed by atoms with Crippen molar-refractivity contribution in [2.45, 2.75) is 39.2 Å². The minimum Gasteiger partial charge on any atom is -0.399 e. The second-order valence-electron chi connectivity index (χ2n) is 5.21. The van der Waals surface area contributed by atoms with Crippen molar-refractivity contribution in [2.24, 2.45) is 5.92 Å². The van der Waals surface area contributed by atoms with E-state index in [0.717, 1.165) is 22.9 Å². The standard InChI is InChI=1S/C14H19N3/c1-9(11-4-3-5-11)17-10(2)16-13-8-12(15)6-7-14(13)17/h6-9,11H,3-5,15H2,1-2H3. The first-order chi connectivity index (χ1) is 8.16. The van der Waals surface area contributed by atoms with Crippen LogP contribution in [0.15, 0.2) is 18.2 Å². The molecular weight excluding hydrogens is 210 g/mol. The molecule has 1 aliphatic carbocycles. The molecule has 0 spiro atoms. The second kappa shape index (κ2) is 3.76. The Morgan fingerprint density at radius 3 is 2.82 bits per heavy atom. The number of nitrogens with zero attached hydrogens (tertiary/aromatic N) is 2. The van der Waals surface area contributed by atoms with Gasteiger partial charge in [-0.15, -0.1) is 0 Å². The third-order valence-electron chi connectivity index (χ3n) is 4.13. The van der Waals surface area contributed by atoms with Gasteiger partial charge in [-0.25, -0.2) is 4.98 Å². The van der Waals surface area contributed by atoms with Crippen LogP contribution in [0.5, 0.6) is 0 Å². The Morgan fingerprint density at radius 1 is 1.41 bits per heavy atom. The number of nitrogen functional groups attached to an aromatic ring is 1. The summed E-state index contributed by atoms with van der Waals surface area (Å²) in [7, 11) is 0. The SMILES string of the molecule is Cc1nc2cc(N)ccc2n1C(C)C1CCC1. The van der Waals surface area contributed by atoms with Crippen LogP contribution in [0.3, 0.4) is 0 Å². The third kappa shape index (κ3) is 1.61. The maximum atomic E-state index is 5.81. The lowest BCUT2D eigenvalue weighted by Gasteiger charge is -2.33. The van der Waals surface area contributed by atoms with Gasteiger partial charge in [-0.1, -0.05) is 6.42 Å². The fraction of sp³-hybridized carbons (Fsp3) is 0.500. The van der Waals surface area contributed by atoms with Crippen molar-refractivity contribution in [3.63, 3.8) is 0 Å². The van der Waals surface area contributed by atoms with Crippen LogP contribution < -0.4 is 5.73 Å². The van der Waals surface area contributed by atoms with Crippen LogP contribution in [-0.2, 0) is 0 Å². The summed E-state index contributed by atoms with van der Waals surface area (Å²) < 4.78 is 2.37. The Morgan fingerprint density at radius 2 is 2.18 bits per heavy atom. The van der Waals surface area contributed by atoms with Gasteiger partial charge < -0.3 is 10.3 Å². The predicted octanol–water partition coefficient (Wildman–Crippen LogP) is 3.29. The van der Waals surface area contributed by atoms with E-state index in [0.29, 0.717) is 6.04 Å². The van der Waals surface area contributed by atoms with E-state index in [1.807, 2.05) is 12.1 Å². The highest BCUT2D eigenvalue weighted by atomic mass is 15.1. The number of imidazole rings is 1. The molecule has 1 aromatic heterocycles. The van der Waals surface area contributed by atoms with Gasteiger partial charge in [0.1, 0.15) is 5.82 Å². The zero-order chi connectivity index (χ0) is 12.0. The maximum absolute atomic E-state index is 5.81. The zero-order valence-electron chi connectivity index (χ0n) is 10.5. The Kier molecular flexibility index (Phi) is 2.35. The minimum absolute atomic E-state index is 0.553. The number of nitrogens with two attached hydrogens (primary N) is 1. The largest absolute Gasteiger partial charge is 0.399 e. The summed E-state index contributed by atoms with van der Waals surface area (Å²) in [6.07, 6.45) is 4.10. The number of aryl methyl sites for hydroxylation is 1. The molecule has 90 valence electrons. The number of fused-ring (bicyclic) bond motifs is 1. The highest BCUT2D eigenvalue weighted by molar-refractivity contribution is 5.79. The Hall–Kier alpha value is -1.51. The molecule has 3 nitrogen and oxygen atoms in total. The molecule has 2 aromatic rings. The molecule has 0 amide bonds. The van der Waals surface area contributed by atoms with Gasteiger partial charge in [-0.3, -0.25) is 0 Å². The molecule has 1 unspecified atom stereocenters. The number of benzene rings is 1. The quantitative estimate of drug-likeness (QED) is 0.803. The number of hydrogen-bond donors (Lipinski definition) is 1. The molecular formula is C14H19N3. The van der Waals surface area contributed by atoms with Crippen molar-refractivity contribution < 1.29 is 0 Å². The molecule has 3 heteroatoms. The highest BCUT2D eigenvalue weighted by Gasteiger charge is 2.27. The van der Waals surface area contributed by atoms with Crippen LogP contribution in [0, 0.1) is 12.8 Å². The smallest absolute Gasteiger partial charge is 0.106 e. The molecule has 0 saturated heterocycles. The van der Waals surface area contributed by atoms with Crippen LogP contribution in [0.25, 0.3) is 11.0 Å². The van der Waals surface area contributed by atoms with Gasteiger partial charge in [0, 0.05) is 11.7 Å². The normalized spacial score (nSPS) is 18.2. The summed E-state index contributed by atoms with van der Waals surface area (Å²) >= 11 is 0. The summed E-state index contributed by atoms with van der Waals surface area (Å²) in [6, 6.07) is 6.58. The molecule has 1 aromatic carbocycles. The number of anilines is 1. The maximum Gasteiger partial charge on any atom is 0.106 e. The van der Waals surface area contributed by atoms with Crippen molar-refractivity contribution >= 4 is 16.7 Å². The van der Waals surface area contributed by atoms with Gasteiger partial charge in [-0.05, 0) is 50.8 Å². The van der Waals surface area contributed by atoms with Crippen LogP contribution in [0.2, 0.25) is 0 Å². The van der Waals surface area contributed by atoms with E-state index in [2.05, 4.69) is 29.5 Å². The van der Waals surface area contributed by atoms with Crippen molar-refractivity contribution in [1.29, 1.82) is 0 Å². The Bertz CT molecular complexity index is 552.